The van der Waals surface area contributed by atoms with Crippen molar-refractivity contribution in [1.29, 1.82) is 0 Å². The Kier molecular flexibility index (Phi) is 4.39. The Hall–Kier alpha value is -3.16. The third-order valence-corrected chi connectivity index (χ3v) is 4.45. The standard InChI is InChI=1S/C18H16FN5O2/c19-14-3-1-12(2-4-14)16-22-23-17(26-16)13-5-9-24(10-6-13)18(25)15-11-20-7-8-21-15/h1-4,7-8,11,13H,5-6,9-10H2. The number of rotatable bonds is 3. The summed E-state index contributed by atoms with van der Waals surface area (Å²) in [6.07, 6.45) is 5.99. The van der Waals surface area contributed by atoms with E-state index in [1.807, 2.05) is 0 Å². The largest absolute Gasteiger partial charge is 0.420 e. The zero-order valence-corrected chi connectivity index (χ0v) is 13.9. The van der Waals surface area contributed by atoms with Gasteiger partial charge in [0.25, 0.3) is 5.91 Å². The Balaban J connectivity index is 1.41. The van der Waals surface area contributed by atoms with Gasteiger partial charge in [0.05, 0.1) is 6.20 Å². The van der Waals surface area contributed by atoms with Crippen molar-refractivity contribution in [1.82, 2.24) is 25.1 Å². The van der Waals surface area contributed by atoms with Gasteiger partial charge in [-0.05, 0) is 37.1 Å². The zero-order chi connectivity index (χ0) is 17.9. The van der Waals surface area contributed by atoms with E-state index >= 15 is 0 Å². The Morgan fingerprint density at radius 3 is 2.58 bits per heavy atom. The first-order chi connectivity index (χ1) is 12.7. The number of hydrogen-bond donors (Lipinski definition) is 0. The van der Waals surface area contributed by atoms with Gasteiger partial charge in [-0.25, -0.2) is 9.37 Å². The minimum Gasteiger partial charge on any atom is -0.420 e. The molecule has 3 heterocycles. The maximum absolute atomic E-state index is 13.0. The lowest BCUT2D eigenvalue weighted by atomic mass is 9.96. The molecule has 1 fully saturated rings. The molecule has 1 aliphatic heterocycles. The van der Waals surface area contributed by atoms with E-state index in [1.165, 1.54) is 30.7 Å². The van der Waals surface area contributed by atoms with Gasteiger partial charge in [0.1, 0.15) is 11.5 Å². The van der Waals surface area contributed by atoms with Gasteiger partial charge in [-0.2, -0.15) is 0 Å². The molecule has 1 amide bonds. The van der Waals surface area contributed by atoms with Gasteiger partial charge in [-0.1, -0.05) is 0 Å². The van der Waals surface area contributed by atoms with Crippen LogP contribution in [0, 0.1) is 5.82 Å². The molecular formula is C18H16FN5O2. The predicted molar refractivity (Wildman–Crippen MR) is 89.6 cm³/mol. The molecule has 2 aromatic heterocycles. The van der Waals surface area contributed by atoms with E-state index in [2.05, 4.69) is 20.2 Å². The second-order valence-electron chi connectivity index (χ2n) is 6.11. The van der Waals surface area contributed by atoms with E-state index in [9.17, 15) is 9.18 Å². The van der Waals surface area contributed by atoms with E-state index in [0.717, 1.165) is 12.8 Å². The van der Waals surface area contributed by atoms with Crippen LogP contribution in [0.25, 0.3) is 11.5 Å². The fourth-order valence-electron chi connectivity index (χ4n) is 3.01. The molecule has 1 saturated heterocycles. The first kappa shape index (κ1) is 16.3. The van der Waals surface area contributed by atoms with Gasteiger partial charge >= 0.3 is 0 Å². The number of halogens is 1. The van der Waals surface area contributed by atoms with E-state index in [0.29, 0.717) is 36.1 Å². The van der Waals surface area contributed by atoms with Crippen molar-refractivity contribution in [3.05, 3.63) is 60.3 Å². The molecule has 0 radical (unpaired) electrons. The first-order valence-corrected chi connectivity index (χ1v) is 8.35. The second kappa shape index (κ2) is 6.99. The Labute approximate surface area is 148 Å². The fraction of sp³-hybridized carbons (Fsp3) is 0.278. The molecule has 8 heteroatoms. The monoisotopic (exact) mass is 353 g/mol. The molecule has 1 aliphatic rings. The number of hydrogen-bond acceptors (Lipinski definition) is 6. The van der Waals surface area contributed by atoms with Gasteiger partial charge in [-0.15, -0.1) is 10.2 Å². The van der Waals surface area contributed by atoms with Crippen LogP contribution in [0.15, 0.2) is 47.3 Å². The molecular weight excluding hydrogens is 337 g/mol. The molecule has 26 heavy (non-hydrogen) atoms. The van der Waals surface area contributed by atoms with Gasteiger partial charge in [0.2, 0.25) is 11.8 Å². The average Bonchev–Trinajstić information content (AvgIpc) is 3.19. The van der Waals surface area contributed by atoms with Crippen molar-refractivity contribution in [2.24, 2.45) is 0 Å². The van der Waals surface area contributed by atoms with Gasteiger partial charge in [0.15, 0.2) is 0 Å². The summed E-state index contributed by atoms with van der Waals surface area (Å²) in [5.74, 6) is 0.597. The van der Waals surface area contributed by atoms with Gasteiger partial charge in [-0.3, -0.25) is 9.78 Å². The quantitative estimate of drug-likeness (QED) is 0.720. The summed E-state index contributed by atoms with van der Waals surface area (Å²) < 4.78 is 18.8. The highest BCUT2D eigenvalue weighted by Gasteiger charge is 2.28. The van der Waals surface area contributed by atoms with E-state index in [-0.39, 0.29) is 17.6 Å². The van der Waals surface area contributed by atoms with Crippen molar-refractivity contribution in [3.8, 4) is 11.5 Å². The molecule has 0 N–H and O–H groups in total. The number of aromatic nitrogens is 4. The minimum atomic E-state index is -0.311. The van der Waals surface area contributed by atoms with Crippen LogP contribution >= 0.6 is 0 Å². The third kappa shape index (κ3) is 3.30. The van der Waals surface area contributed by atoms with Crippen molar-refractivity contribution in [3.63, 3.8) is 0 Å². The molecule has 0 atom stereocenters. The molecule has 0 aliphatic carbocycles. The predicted octanol–water partition coefficient (Wildman–Crippen LogP) is 2.69. The van der Waals surface area contributed by atoms with Crippen molar-refractivity contribution < 1.29 is 13.6 Å². The lowest BCUT2D eigenvalue weighted by Crippen LogP contribution is -2.38. The maximum atomic E-state index is 13.0. The smallest absolute Gasteiger partial charge is 0.274 e. The molecule has 4 rings (SSSR count). The summed E-state index contributed by atoms with van der Waals surface area (Å²) in [5, 5.41) is 8.19. The lowest BCUT2D eigenvalue weighted by Gasteiger charge is -2.30. The average molecular weight is 353 g/mol. The Morgan fingerprint density at radius 2 is 1.88 bits per heavy atom. The fourth-order valence-corrected chi connectivity index (χ4v) is 3.01. The number of likely N-dealkylation sites (tertiary alicyclic amines) is 1. The highest BCUT2D eigenvalue weighted by Crippen LogP contribution is 2.29. The lowest BCUT2D eigenvalue weighted by molar-refractivity contribution is 0.0700. The SMILES string of the molecule is O=C(c1cnccn1)N1CCC(c2nnc(-c3ccc(F)cc3)o2)CC1. The van der Waals surface area contributed by atoms with Gasteiger partial charge in [0, 0.05) is 37.0 Å². The third-order valence-electron chi connectivity index (χ3n) is 4.45. The van der Waals surface area contributed by atoms with Crippen LogP contribution < -0.4 is 0 Å². The maximum Gasteiger partial charge on any atom is 0.274 e. The summed E-state index contributed by atoms with van der Waals surface area (Å²) >= 11 is 0. The molecule has 132 valence electrons. The van der Waals surface area contributed by atoms with Crippen molar-refractivity contribution >= 4 is 5.91 Å². The topological polar surface area (TPSA) is 85.0 Å². The normalized spacial score (nSPS) is 15.2. The number of carbonyl (C=O) groups excluding carboxylic acids is 1. The molecule has 0 spiro atoms. The van der Waals surface area contributed by atoms with Crippen LogP contribution in [0.1, 0.15) is 35.1 Å². The highest BCUT2D eigenvalue weighted by atomic mass is 19.1. The summed E-state index contributed by atoms with van der Waals surface area (Å²) in [6.45, 7) is 1.18. The number of nitrogens with zero attached hydrogens (tertiary/aromatic N) is 5. The van der Waals surface area contributed by atoms with Crippen molar-refractivity contribution in [2.75, 3.05) is 13.1 Å². The molecule has 0 saturated carbocycles. The molecule has 1 aromatic carbocycles. The summed E-state index contributed by atoms with van der Waals surface area (Å²) in [4.78, 5) is 22.1. The van der Waals surface area contributed by atoms with E-state index in [1.54, 1.807) is 17.0 Å². The van der Waals surface area contributed by atoms with Gasteiger partial charge < -0.3 is 9.32 Å². The number of amides is 1. The van der Waals surface area contributed by atoms with Crippen LogP contribution in [0.4, 0.5) is 4.39 Å². The summed E-state index contributed by atoms with van der Waals surface area (Å²) in [5.41, 5.74) is 1.03. The van der Waals surface area contributed by atoms with Crippen LogP contribution in [0.2, 0.25) is 0 Å². The van der Waals surface area contributed by atoms with E-state index in [4.69, 9.17) is 4.42 Å². The minimum absolute atomic E-state index is 0.0996. The Bertz CT molecular complexity index is 889. The second-order valence-corrected chi connectivity index (χ2v) is 6.11. The van der Waals surface area contributed by atoms with Crippen LogP contribution in [0.5, 0.6) is 0 Å². The van der Waals surface area contributed by atoms with E-state index < -0.39 is 0 Å². The highest BCUT2D eigenvalue weighted by molar-refractivity contribution is 5.92. The van der Waals surface area contributed by atoms with Crippen LogP contribution in [0.3, 0.4) is 0 Å². The number of benzene rings is 1. The molecule has 3 aromatic rings. The summed E-state index contributed by atoms with van der Waals surface area (Å²) in [7, 11) is 0. The Morgan fingerprint density at radius 1 is 1.12 bits per heavy atom. The molecule has 0 unspecified atom stereocenters. The number of piperidine rings is 1. The van der Waals surface area contributed by atoms with Crippen LogP contribution in [-0.2, 0) is 0 Å². The summed E-state index contributed by atoms with van der Waals surface area (Å²) in [6, 6.07) is 5.93. The van der Waals surface area contributed by atoms with Crippen LogP contribution in [-0.4, -0.2) is 44.1 Å². The number of carbonyl (C=O) groups is 1. The molecule has 7 nitrogen and oxygen atoms in total. The zero-order valence-electron chi connectivity index (χ0n) is 13.9. The van der Waals surface area contributed by atoms with Crippen molar-refractivity contribution in [2.45, 2.75) is 18.8 Å². The first-order valence-electron chi connectivity index (χ1n) is 8.35. The molecule has 0 bridgehead atoms.